The van der Waals surface area contributed by atoms with Crippen molar-refractivity contribution in [2.75, 3.05) is 32.8 Å². The van der Waals surface area contributed by atoms with Gasteiger partial charge in [-0.25, -0.2) is 14.4 Å². The van der Waals surface area contributed by atoms with Crippen LogP contribution in [0.15, 0.2) is 31.0 Å². The average molecular weight is 523 g/mol. The van der Waals surface area contributed by atoms with Gasteiger partial charge < -0.3 is 30.0 Å². The van der Waals surface area contributed by atoms with Crippen LogP contribution in [0.5, 0.6) is 11.5 Å². The smallest absolute Gasteiger partial charge is 0.243 e. The largest absolute Gasteiger partial charge is 0.495 e. The maximum atomic E-state index is 15.0. The van der Waals surface area contributed by atoms with Gasteiger partial charge in [0.1, 0.15) is 22.7 Å². The maximum absolute atomic E-state index is 15.0. The molecule has 0 aliphatic carbocycles. The van der Waals surface area contributed by atoms with Crippen molar-refractivity contribution in [3.63, 3.8) is 0 Å². The molecular formula is C23H24ClFN4O5S. The summed E-state index contributed by atoms with van der Waals surface area (Å²) in [5, 5.41) is 17.3. The molecule has 2 aromatic heterocycles. The molecule has 0 spiro atoms. The number of methoxy groups -OCH3 is 2. The van der Waals surface area contributed by atoms with E-state index in [2.05, 4.69) is 27.2 Å². The lowest BCUT2D eigenvalue weighted by molar-refractivity contribution is -0.117. The molecule has 1 amide bonds. The fourth-order valence-electron chi connectivity index (χ4n) is 3.80. The van der Waals surface area contributed by atoms with Gasteiger partial charge in [0.25, 0.3) is 0 Å². The number of fused-ring (bicyclic) bond motifs is 1. The number of aliphatic hydroxyl groups is 1. The Labute approximate surface area is 209 Å². The van der Waals surface area contributed by atoms with Crippen LogP contribution in [0.3, 0.4) is 0 Å². The number of benzene rings is 1. The number of carbonyl (C=O) groups excluding carboxylic acids is 1. The summed E-state index contributed by atoms with van der Waals surface area (Å²) in [5.74, 6) is -0.478. The Hall–Kier alpha value is -2.99. The van der Waals surface area contributed by atoms with Gasteiger partial charge in [-0.15, -0.1) is 11.3 Å². The van der Waals surface area contributed by atoms with Crippen LogP contribution >= 0.6 is 22.9 Å². The molecule has 186 valence electrons. The van der Waals surface area contributed by atoms with Gasteiger partial charge in [0.05, 0.1) is 48.1 Å². The molecule has 3 N–H and O–H groups in total. The number of halogens is 2. The Morgan fingerprint density at radius 1 is 1.37 bits per heavy atom. The molecule has 3 heterocycles. The van der Waals surface area contributed by atoms with E-state index in [1.807, 2.05) is 0 Å². The highest BCUT2D eigenvalue weighted by Gasteiger charge is 2.29. The van der Waals surface area contributed by atoms with E-state index in [1.165, 1.54) is 26.4 Å². The van der Waals surface area contributed by atoms with E-state index >= 15 is 4.39 Å². The third-order valence-electron chi connectivity index (χ3n) is 5.61. The van der Waals surface area contributed by atoms with Gasteiger partial charge in [0.2, 0.25) is 5.91 Å². The van der Waals surface area contributed by atoms with Crippen LogP contribution in [0.2, 0.25) is 5.02 Å². The van der Waals surface area contributed by atoms with Gasteiger partial charge in [-0.1, -0.05) is 18.2 Å². The van der Waals surface area contributed by atoms with E-state index in [1.54, 1.807) is 12.3 Å². The molecule has 3 unspecified atom stereocenters. The molecule has 0 saturated carbocycles. The number of pyridine rings is 1. The lowest BCUT2D eigenvalue weighted by Gasteiger charge is -2.32. The number of hydrogen-bond donors (Lipinski definition) is 3. The molecule has 1 aliphatic rings. The number of rotatable bonds is 8. The van der Waals surface area contributed by atoms with Crippen molar-refractivity contribution >= 4 is 44.9 Å². The number of aromatic nitrogens is 2. The first-order chi connectivity index (χ1) is 16.9. The summed E-state index contributed by atoms with van der Waals surface area (Å²) < 4.78 is 31.5. The first-order valence-corrected chi connectivity index (χ1v) is 11.9. The zero-order valence-electron chi connectivity index (χ0n) is 19.0. The molecule has 3 atom stereocenters. The summed E-state index contributed by atoms with van der Waals surface area (Å²) in [6.07, 6.45) is 2.02. The van der Waals surface area contributed by atoms with Crippen LogP contribution < -0.4 is 20.1 Å². The van der Waals surface area contributed by atoms with Crippen molar-refractivity contribution in [3.8, 4) is 11.5 Å². The quantitative estimate of drug-likeness (QED) is 0.385. The molecule has 4 rings (SSSR count). The molecule has 0 radical (unpaired) electrons. The molecule has 9 nitrogen and oxygen atoms in total. The zero-order valence-corrected chi connectivity index (χ0v) is 20.6. The lowest BCUT2D eigenvalue weighted by atomic mass is 10.0. The topological polar surface area (TPSA) is 115 Å². The molecule has 0 bridgehead atoms. The van der Waals surface area contributed by atoms with Crippen molar-refractivity contribution in [1.29, 1.82) is 0 Å². The number of nitrogens with one attached hydrogen (secondary N) is 2. The molecule has 1 aliphatic heterocycles. The van der Waals surface area contributed by atoms with Crippen LogP contribution in [-0.4, -0.2) is 60.5 Å². The Morgan fingerprint density at radius 2 is 2.14 bits per heavy atom. The van der Waals surface area contributed by atoms with Crippen LogP contribution in [-0.2, 0) is 9.53 Å². The fraction of sp³-hybridized carbons (Fsp3) is 0.348. The van der Waals surface area contributed by atoms with E-state index in [0.29, 0.717) is 35.7 Å². The van der Waals surface area contributed by atoms with Crippen molar-refractivity contribution in [3.05, 3.63) is 52.4 Å². The van der Waals surface area contributed by atoms with Gasteiger partial charge >= 0.3 is 0 Å². The minimum absolute atomic E-state index is 0.0667. The third kappa shape index (κ3) is 5.18. The molecule has 3 aromatic rings. The van der Waals surface area contributed by atoms with Gasteiger partial charge in [0, 0.05) is 30.5 Å². The molecule has 1 fully saturated rings. The first kappa shape index (κ1) is 25.1. The predicted octanol–water partition coefficient (Wildman–Crippen LogP) is 3.45. The average Bonchev–Trinajstić information content (AvgIpc) is 3.29. The van der Waals surface area contributed by atoms with E-state index in [9.17, 15) is 9.90 Å². The minimum Gasteiger partial charge on any atom is -0.495 e. The fourth-order valence-corrected chi connectivity index (χ4v) is 5.03. The highest BCUT2D eigenvalue weighted by atomic mass is 35.5. The summed E-state index contributed by atoms with van der Waals surface area (Å²) in [4.78, 5) is 20.7. The van der Waals surface area contributed by atoms with E-state index in [-0.39, 0.29) is 45.1 Å². The van der Waals surface area contributed by atoms with Crippen LogP contribution in [0, 0.1) is 5.82 Å². The molecule has 1 saturated heterocycles. The van der Waals surface area contributed by atoms with Crippen molar-refractivity contribution in [1.82, 2.24) is 15.3 Å². The van der Waals surface area contributed by atoms with Gasteiger partial charge in [-0.05, 0) is 12.5 Å². The second-order valence-corrected chi connectivity index (χ2v) is 9.19. The lowest BCUT2D eigenvalue weighted by Crippen LogP contribution is -2.52. The maximum Gasteiger partial charge on any atom is 0.243 e. The normalized spacial score (nSPS) is 18.7. The zero-order chi connectivity index (χ0) is 25.1. The highest BCUT2D eigenvalue weighted by Crippen LogP contribution is 2.42. The molecule has 12 heteroatoms. The van der Waals surface area contributed by atoms with Crippen LogP contribution in [0.1, 0.15) is 23.1 Å². The Kier molecular flexibility index (Phi) is 7.70. The van der Waals surface area contributed by atoms with Crippen LogP contribution in [0.4, 0.5) is 10.2 Å². The van der Waals surface area contributed by atoms with Crippen molar-refractivity contribution in [2.24, 2.45) is 0 Å². The summed E-state index contributed by atoms with van der Waals surface area (Å²) in [7, 11) is 2.70. The number of hydrogen-bond acceptors (Lipinski definition) is 9. The van der Waals surface area contributed by atoms with Crippen molar-refractivity contribution < 1.29 is 28.5 Å². The van der Waals surface area contributed by atoms with Gasteiger partial charge in [-0.2, -0.15) is 0 Å². The summed E-state index contributed by atoms with van der Waals surface area (Å²) >= 11 is 7.47. The number of nitrogens with zero attached hydrogens (tertiary/aromatic N) is 2. The predicted molar refractivity (Wildman–Crippen MR) is 131 cm³/mol. The van der Waals surface area contributed by atoms with E-state index in [4.69, 9.17) is 25.8 Å². The molecule has 1 aromatic carbocycles. The number of thiazole rings is 1. The van der Waals surface area contributed by atoms with E-state index < -0.39 is 11.9 Å². The SMILES string of the molecule is C=CC(=O)NC1CCOCC1Nc1cc2nc(C(O)c3c(F)c(OC)cc(OC)c3Cl)sc2cn1. The third-order valence-corrected chi connectivity index (χ3v) is 7.06. The van der Waals surface area contributed by atoms with E-state index in [0.717, 1.165) is 11.3 Å². The number of carbonyl (C=O) groups is 1. The standard InChI is InChI=1S/C23H24ClFN4O5S/c1-4-18(30)28-11-5-6-34-10-13(11)27-17-7-12-16(9-26-17)35-23(29-12)22(31)19-20(24)14(32-2)8-15(33-3)21(19)25/h4,7-9,11,13,22,31H,1,5-6,10H2,2-3H3,(H,26,27)(H,28,30). The second kappa shape index (κ2) is 10.7. The van der Waals surface area contributed by atoms with Gasteiger partial charge in [-0.3, -0.25) is 4.79 Å². The number of aliphatic hydroxyl groups excluding tert-OH is 1. The second-order valence-electron chi connectivity index (χ2n) is 7.75. The van der Waals surface area contributed by atoms with Crippen LogP contribution in [0.25, 0.3) is 10.2 Å². The Morgan fingerprint density at radius 3 is 2.86 bits per heavy atom. The monoisotopic (exact) mass is 522 g/mol. The number of amides is 1. The van der Waals surface area contributed by atoms with Gasteiger partial charge in [0.15, 0.2) is 11.6 Å². The number of ether oxygens (including phenoxy) is 3. The first-order valence-electron chi connectivity index (χ1n) is 10.7. The summed E-state index contributed by atoms with van der Waals surface area (Å²) in [6, 6.07) is 2.66. The number of anilines is 1. The molecule has 35 heavy (non-hydrogen) atoms. The Bertz CT molecular complexity index is 1230. The minimum atomic E-state index is -1.45. The summed E-state index contributed by atoms with van der Waals surface area (Å²) in [5.41, 5.74) is 0.365. The molecular weight excluding hydrogens is 499 g/mol. The van der Waals surface area contributed by atoms with Crippen molar-refractivity contribution in [2.45, 2.75) is 24.6 Å². The highest BCUT2D eigenvalue weighted by molar-refractivity contribution is 7.18. The Balaban J connectivity index is 1.61. The summed E-state index contributed by atoms with van der Waals surface area (Å²) in [6.45, 7) is 4.41.